The molecular weight excluding hydrogens is 456 g/mol. The van der Waals surface area contributed by atoms with E-state index in [1.807, 2.05) is 19.9 Å². The number of nitrogens with zero attached hydrogens (tertiary/aromatic N) is 6. The second-order valence-electron chi connectivity index (χ2n) is 9.85. The van der Waals surface area contributed by atoms with Crippen molar-refractivity contribution in [3.63, 3.8) is 0 Å². The van der Waals surface area contributed by atoms with Gasteiger partial charge in [-0.1, -0.05) is 6.92 Å². The molecule has 0 aromatic carbocycles. The van der Waals surface area contributed by atoms with E-state index in [1.54, 1.807) is 10.9 Å². The van der Waals surface area contributed by atoms with Crippen LogP contribution in [-0.2, 0) is 4.74 Å². The van der Waals surface area contributed by atoms with E-state index in [0.717, 1.165) is 25.7 Å². The van der Waals surface area contributed by atoms with Gasteiger partial charge in [0, 0.05) is 25.5 Å². The van der Waals surface area contributed by atoms with E-state index in [9.17, 15) is 13.6 Å². The van der Waals surface area contributed by atoms with Gasteiger partial charge < -0.3 is 15.0 Å². The highest BCUT2D eigenvalue weighted by molar-refractivity contribution is 6.08. The largest absolute Gasteiger partial charge is 0.372 e. The van der Waals surface area contributed by atoms with Crippen molar-refractivity contribution in [3.05, 3.63) is 35.9 Å². The Labute approximate surface area is 202 Å². The Hall–Kier alpha value is -3.08. The molecule has 1 saturated carbocycles. The molecule has 35 heavy (non-hydrogen) atoms. The number of halogens is 2. The van der Waals surface area contributed by atoms with Crippen molar-refractivity contribution < 1.29 is 18.3 Å². The van der Waals surface area contributed by atoms with Crippen LogP contribution in [0.15, 0.2) is 24.7 Å². The predicted octanol–water partition coefficient (Wildman–Crippen LogP) is 4.48. The Morgan fingerprint density at radius 3 is 2.54 bits per heavy atom. The van der Waals surface area contributed by atoms with E-state index in [-0.39, 0.29) is 29.5 Å². The normalized spacial score (nSPS) is 25.4. The van der Waals surface area contributed by atoms with Crippen molar-refractivity contribution in [2.75, 3.05) is 23.3 Å². The summed E-state index contributed by atoms with van der Waals surface area (Å²) >= 11 is 0. The summed E-state index contributed by atoms with van der Waals surface area (Å²) in [5.41, 5.74) is 0.174. The minimum atomic E-state index is -2.80. The number of alkyl halides is 2. The molecule has 4 heterocycles. The first-order valence-corrected chi connectivity index (χ1v) is 12.2. The highest BCUT2D eigenvalue weighted by atomic mass is 19.3. The third kappa shape index (κ3) is 4.86. The number of carbonyl (C=O) groups excluding carboxylic acids is 1. The zero-order valence-corrected chi connectivity index (χ0v) is 20.2. The minimum Gasteiger partial charge on any atom is -0.372 e. The number of hydrogen-bond donors (Lipinski definition) is 1. The van der Waals surface area contributed by atoms with Crippen molar-refractivity contribution in [2.24, 2.45) is 5.92 Å². The monoisotopic (exact) mass is 487 g/mol. The SMILES string of the molecule is C[C@@H]1CN(c2ccn3ncc(C(=O)Nc4cn([C@H]5CC[C@H](C)CC5)nc4C(F)F)c3n2)C[C@H](C)O1. The second-order valence-corrected chi connectivity index (χ2v) is 9.85. The Kier molecular flexibility index (Phi) is 6.43. The number of carbonyl (C=O) groups is 1. The molecule has 1 N–H and O–H groups in total. The summed E-state index contributed by atoms with van der Waals surface area (Å²) in [6.07, 6.45) is 5.83. The summed E-state index contributed by atoms with van der Waals surface area (Å²) in [7, 11) is 0. The lowest BCUT2D eigenvalue weighted by Gasteiger charge is -2.36. The molecule has 0 unspecified atom stereocenters. The summed E-state index contributed by atoms with van der Waals surface area (Å²) in [6.45, 7) is 7.58. The predicted molar refractivity (Wildman–Crippen MR) is 127 cm³/mol. The zero-order valence-electron chi connectivity index (χ0n) is 20.2. The average molecular weight is 488 g/mol. The van der Waals surface area contributed by atoms with Crippen molar-refractivity contribution >= 4 is 23.1 Å². The molecule has 3 aromatic rings. The van der Waals surface area contributed by atoms with Crippen LogP contribution in [0, 0.1) is 5.92 Å². The summed E-state index contributed by atoms with van der Waals surface area (Å²) in [6, 6.07) is 1.91. The van der Waals surface area contributed by atoms with Gasteiger partial charge in [0.1, 0.15) is 11.4 Å². The number of anilines is 2. The highest BCUT2D eigenvalue weighted by Crippen LogP contribution is 2.34. The van der Waals surface area contributed by atoms with E-state index in [1.165, 1.54) is 16.9 Å². The van der Waals surface area contributed by atoms with Crippen LogP contribution in [0.3, 0.4) is 0 Å². The van der Waals surface area contributed by atoms with E-state index >= 15 is 0 Å². The number of amides is 1. The van der Waals surface area contributed by atoms with Crippen LogP contribution in [0.5, 0.6) is 0 Å². The van der Waals surface area contributed by atoms with Crippen molar-refractivity contribution in [1.29, 1.82) is 0 Å². The molecule has 2 fully saturated rings. The second kappa shape index (κ2) is 9.52. The molecule has 3 aromatic heterocycles. The van der Waals surface area contributed by atoms with Crippen LogP contribution in [0.25, 0.3) is 5.65 Å². The summed E-state index contributed by atoms with van der Waals surface area (Å²) in [5, 5.41) is 11.0. The molecule has 5 rings (SSSR count). The maximum absolute atomic E-state index is 13.8. The third-order valence-electron chi connectivity index (χ3n) is 6.92. The van der Waals surface area contributed by atoms with Gasteiger partial charge in [0.2, 0.25) is 0 Å². The van der Waals surface area contributed by atoms with E-state index in [2.05, 4.69) is 32.3 Å². The summed E-state index contributed by atoms with van der Waals surface area (Å²) < 4.78 is 36.4. The van der Waals surface area contributed by atoms with Gasteiger partial charge >= 0.3 is 0 Å². The third-order valence-corrected chi connectivity index (χ3v) is 6.92. The maximum Gasteiger partial charge on any atom is 0.284 e. The Bertz CT molecular complexity index is 1190. The Morgan fingerprint density at radius 2 is 1.86 bits per heavy atom. The molecule has 0 radical (unpaired) electrons. The lowest BCUT2D eigenvalue weighted by atomic mass is 9.87. The van der Waals surface area contributed by atoms with Gasteiger partial charge in [-0.25, -0.2) is 18.3 Å². The number of ether oxygens (including phenoxy) is 1. The van der Waals surface area contributed by atoms with Gasteiger partial charge in [-0.05, 0) is 51.5 Å². The number of morpholine rings is 1. The van der Waals surface area contributed by atoms with Crippen LogP contribution in [-0.4, -0.2) is 55.6 Å². The van der Waals surface area contributed by atoms with Gasteiger partial charge in [0.25, 0.3) is 12.3 Å². The van der Waals surface area contributed by atoms with Gasteiger partial charge in [0.05, 0.1) is 30.1 Å². The molecule has 1 aliphatic carbocycles. The lowest BCUT2D eigenvalue weighted by molar-refractivity contribution is -0.00545. The number of nitrogens with one attached hydrogen (secondary N) is 1. The van der Waals surface area contributed by atoms with Gasteiger partial charge in [-0.2, -0.15) is 10.2 Å². The average Bonchev–Trinajstić information content (AvgIpc) is 3.43. The first kappa shape index (κ1) is 23.7. The lowest BCUT2D eigenvalue weighted by Crippen LogP contribution is -2.45. The minimum absolute atomic E-state index is 0.0231. The van der Waals surface area contributed by atoms with E-state index < -0.39 is 18.0 Å². The van der Waals surface area contributed by atoms with Crippen molar-refractivity contribution in [3.8, 4) is 0 Å². The first-order valence-electron chi connectivity index (χ1n) is 12.2. The molecule has 2 aliphatic rings. The highest BCUT2D eigenvalue weighted by Gasteiger charge is 2.27. The molecule has 1 aliphatic heterocycles. The van der Waals surface area contributed by atoms with E-state index in [0.29, 0.717) is 30.5 Å². The van der Waals surface area contributed by atoms with Crippen molar-refractivity contribution in [1.82, 2.24) is 24.4 Å². The van der Waals surface area contributed by atoms with Crippen LogP contribution >= 0.6 is 0 Å². The number of fused-ring (bicyclic) bond motifs is 1. The number of aromatic nitrogens is 5. The zero-order chi connectivity index (χ0) is 24.7. The molecule has 2 atom stereocenters. The smallest absolute Gasteiger partial charge is 0.284 e. The number of hydrogen-bond acceptors (Lipinski definition) is 6. The van der Waals surface area contributed by atoms with Gasteiger partial charge in [-0.3, -0.25) is 9.48 Å². The van der Waals surface area contributed by atoms with Crippen molar-refractivity contribution in [2.45, 2.75) is 71.1 Å². The van der Waals surface area contributed by atoms with Crippen LogP contribution in [0.1, 0.15) is 75.0 Å². The Balaban J connectivity index is 1.39. The van der Waals surface area contributed by atoms with E-state index in [4.69, 9.17) is 4.74 Å². The van der Waals surface area contributed by atoms with Crippen LogP contribution < -0.4 is 10.2 Å². The molecule has 0 bridgehead atoms. The molecule has 9 nitrogen and oxygen atoms in total. The Morgan fingerprint density at radius 1 is 1.14 bits per heavy atom. The standard InChI is InChI=1S/C24H31F2N7O2/c1-14-4-6-17(7-5-14)33-13-19(21(30-33)22(25)26)28-24(34)18-10-27-32-9-8-20(29-23(18)32)31-11-15(2)35-16(3)12-31/h8-10,13-17,22H,4-7,11-12H2,1-3H3,(H,28,34)/t14-,15-,16+,17-. The molecule has 188 valence electrons. The fourth-order valence-electron chi connectivity index (χ4n) is 5.11. The fraction of sp³-hybridized carbons (Fsp3) is 0.583. The topological polar surface area (TPSA) is 89.6 Å². The number of rotatable bonds is 5. The van der Waals surface area contributed by atoms with Gasteiger partial charge in [-0.15, -0.1) is 0 Å². The molecular formula is C24H31F2N7O2. The van der Waals surface area contributed by atoms with Gasteiger partial charge in [0.15, 0.2) is 11.3 Å². The molecule has 11 heteroatoms. The fourth-order valence-corrected chi connectivity index (χ4v) is 5.11. The quantitative estimate of drug-likeness (QED) is 0.571. The maximum atomic E-state index is 13.8. The summed E-state index contributed by atoms with van der Waals surface area (Å²) in [5.74, 6) is 0.793. The molecule has 1 saturated heterocycles. The molecule has 1 amide bonds. The van der Waals surface area contributed by atoms with Crippen LogP contribution in [0.2, 0.25) is 0 Å². The van der Waals surface area contributed by atoms with Crippen LogP contribution in [0.4, 0.5) is 20.3 Å². The summed E-state index contributed by atoms with van der Waals surface area (Å²) in [4.78, 5) is 19.9. The first-order chi connectivity index (χ1) is 16.8. The molecule has 0 spiro atoms.